The first kappa shape index (κ1) is 15.6. The zero-order valence-corrected chi connectivity index (χ0v) is 11.4. The predicted molar refractivity (Wildman–Crippen MR) is 63.6 cm³/mol. The third-order valence-corrected chi connectivity index (χ3v) is 4.05. The fourth-order valence-electron chi connectivity index (χ4n) is 1.13. The molecule has 1 aromatic heterocycles. The number of carboxylic acids is 1. The Labute approximate surface area is 109 Å². The lowest BCUT2D eigenvalue weighted by Crippen LogP contribution is -2.34. The van der Waals surface area contributed by atoms with Gasteiger partial charge in [0, 0.05) is 13.1 Å². The van der Waals surface area contributed by atoms with E-state index in [1.165, 1.54) is 0 Å². The molecule has 0 fully saturated rings. The van der Waals surface area contributed by atoms with Crippen LogP contribution >= 0.6 is 0 Å². The maximum absolute atomic E-state index is 11.7. The summed E-state index contributed by atoms with van der Waals surface area (Å²) in [6.45, 7) is -0.387. The molecule has 0 aliphatic rings. The molecule has 0 spiro atoms. The number of hydrogen-bond acceptors (Lipinski definition) is 6. The highest BCUT2D eigenvalue weighted by atomic mass is 32.2. The van der Waals surface area contributed by atoms with Crippen molar-refractivity contribution in [3.8, 4) is 0 Å². The fraction of sp³-hybridized carbons (Fsp3) is 0.429. The average molecular weight is 312 g/mol. The molecule has 19 heavy (non-hydrogen) atoms. The van der Waals surface area contributed by atoms with Crippen molar-refractivity contribution in [1.82, 2.24) is 19.6 Å². The highest BCUT2D eigenvalue weighted by Gasteiger charge is 2.24. The molecule has 108 valence electrons. The van der Waals surface area contributed by atoms with Crippen LogP contribution in [0.2, 0.25) is 0 Å². The normalized spacial score (nSPS) is 12.5. The van der Waals surface area contributed by atoms with Gasteiger partial charge in [-0.2, -0.15) is 5.10 Å². The smallest absolute Gasteiger partial charge is 0.340 e. The lowest BCUT2D eigenvalue weighted by molar-refractivity contribution is 0.0692. The van der Waals surface area contributed by atoms with Crippen molar-refractivity contribution in [2.24, 2.45) is 0 Å². The first-order chi connectivity index (χ1) is 8.63. The van der Waals surface area contributed by atoms with E-state index in [9.17, 15) is 21.6 Å². The summed E-state index contributed by atoms with van der Waals surface area (Å²) < 4.78 is 49.1. The van der Waals surface area contributed by atoms with Crippen molar-refractivity contribution >= 4 is 26.0 Å². The van der Waals surface area contributed by atoms with Crippen molar-refractivity contribution in [3.05, 3.63) is 11.8 Å². The van der Waals surface area contributed by atoms with Crippen LogP contribution in [0.5, 0.6) is 0 Å². The number of aromatic carboxylic acids is 1. The topological polar surface area (TPSA) is 158 Å². The third kappa shape index (κ3) is 4.59. The van der Waals surface area contributed by atoms with Gasteiger partial charge in [0.05, 0.1) is 12.5 Å². The van der Waals surface area contributed by atoms with E-state index in [4.69, 9.17) is 5.11 Å². The molecule has 0 atom stereocenters. The monoisotopic (exact) mass is 312 g/mol. The summed E-state index contributed by atoms with van der Waals surface area (Å²) in [5.41, 5.74) is -0.497. The Balaban J connectivity index is 2.72. The first-order valence-corrected chi connectivity index (χ1v) is 8.22. The molecular weight excluding hydrogens is 300 g/mol. The molecular formula is C7H12N4O6S2. The second-order valence-electron chi connectivity index (χ2n) is 3.48. The first-order valence-electron chi connectivity index (χ1n) is 4.84. The molecule has 0 aromatic carbocycles. The Morgan fingerprint density at radius 2 is 1.89 bits per heavy atom. The molecule has 10 nitrogen and oxygen atoms in total. The molecule has 0 unspecified atom stereocenters. The molecule has 1 heterocycles. The molecule has 4 N–H and O–H groups in total. The van der Waals surface area contributed by atoms with Crippen LogP contribution < -0.4 is 9.44 Å². The Kier molecular flexibility index (Phi) is 4.62. The van der Waals surface area contributed by atoms with Crippen molar-refractivity contribution in [3.63, 3.8) is 0 Å². The maximum Gasteiger partial charge on any atom is 0.340 e. The van der Waals surface area contributed by atoms with Crippen LogP contribution in [-0.4, -0.2) is 57.5 Å². The van der Waals surface area contributed by atoms with E-state index in [-0.39, 0.29) is 13.1 Å². The Bertz CT molecular complexity index is 662. The van der Waals surface area contributed by atoms with Crippen molar-refractivity contribution in [2.45, 2.75) is 5.03 Å². The summed E-state index contributed by atoms with van der Waals surface area (Å²) in [4.78, 5) is 10.7. The molecule has 1 aromatic rings. The number of H-pyrrole nitrogens is 1. The van der Waals surface area contributed by atoms with Crippen LogP contribution in [-0.2, 0) is 20.0 Å². The van der Waals surface area contributed by atoms with Crippen LogP contribution in [0.3, 0.4) is 0 Å². The van der Waals surface area contributed by atoms with Crippen LogP contribution in [0.1, 0.15) is 10.4 Å². The highest BCUT2D eigenvalue weighted by molar-refractivity contribution is 7.89. The van der Waals surface area contributed by atoms with Gasteiger partial charge in [0.25, 0.3) is 10.0 Å². The zero-order valence-electron chi connectivity index (χ0n) is 9.74. The average Bonchev–Trinajstić information content (AvgIpc) is 2.72. The van der Waals surface area contributed by atoms with E-state index in [1.807, 2.05) is 4.72 Å². The van der Waals surface area contributed by atoms with Gasteiger partial charge in [-0.3, -0.25) is 5.10 Å². The largest absolute Gasteiger partial charge is 0.478 e. The van der Waals surface area contributed by atoms with E-state index < -0.39 is 36.6 Å². The molecule has 1 rings (SSSR count). The summed E-state index contributed by atoms with van der Waals surface area (Å²) >= 11 is 0. The molecule has 0 amide bonds. The molecule has 0 radical (unpaired) electrons. The third-order valence-electron chi connectivity index (χ3n) is 1.88. The zero-order chi connectivity index (χ0) is 14.7. The molecule has 12 heteroatoms. The lowest BCUT2D eigenvalue weighted by Gasteiger charge is -2.06. The number of nitrogens with zero attached hydrogens (tertiary/aromatic N) is 1. The van der Waals surface area contributed by atoms with E-state index in [1.54, 1.807) is 0 Å². The quantitative estimate of drug-likeness (QED) is 0.421. The Morgan fingerprint density at radius 1 is 1.32 bits per heavy atom. The number of hydrogen-bond donors (Lipinski definition) is 4. The number of aromatic amines is 1. The van der Waals surface area contributed by atoms with E-state index in [0.717, 1.165) is 12.5 Å². The second-order valence-corrected chi connectivity index (χ2v) is 7.02. The van der Waals surface area contributed by atoms with Crippen molar-refractivity contribution < 1.29 is 26.7 Å². The summed E-state index contributed by atoms with van der Waals surface area (Å²) in [7, 11) is -7.51. The van der Waals surface area contributed by atoms with Crippen LogP contribution in [0.4, 0.5) is 0 Å². The SMILES string of the molecule is CS(=O)(=O)NCCNS(=O)(=O)c1[nH]ncc1C(=O)O. The summed E-state index contributed by atoms with van der Waals surface area (Å²) in [5, 5.41) is 13.6. The van der Waals surface area contributed by atoms with Crippen LogP contribution in [0.15, 0.2) is 11.2 Å². The fourth-order valence-corrected chi connectivity index (χ4v) is 2.72. The van der Waals surface area contributed by atoms with Gasteiger partial charge >= 0.3 is 5.97 Å². The number of rotatable bonds is 7. The molecule has 0 aliphatic heterocycles. The summed E-state index contributed by atoms with van der Waals surface area (Å²) in [6.07, 6.45) is 1.80. The number of sulfonamides is 2. The maximum atomic E-state index is 11.7. The van der Waals surface area contributed by atoms with E-state index in [0.29, 0.717) is 0 Å². The highest BCUT2D eigenvalue weighted by Crippen LogP contribution is 2.10. The number of carbonyl (C=O) groups is 1. The molecule has 0 saturated heterocycles. The number of aromatic nitrogens is 2. The van der Waals surface area contributed by atoms with Gasteiger partial charge in [-0.05, 0) is 0 Å². The minimum absolute atomic E-state index is 0.158. The standard InChI is InChI=1S/C7H12N4O6S2/c1-18(14,15)9-2-3-10-19(16,17)6-5(7(12)13)4-8-11-6/h4,9-10H,2-3H2,1H3,(H,8,11)(H,12,13). The van der Waals surface area contributed by atoms with Gasteiger partial charge in [0.2, 0.25) is 10.0 Å². The van der Waals surface area contributed by atoms with Gasteiger partial charge in [-0.1, -0.05) is 0 Å². The van der Waals surface area contributed by atoms with E-state index >= 15 is 0 Å². The number of carboxylic acid groups (broad SMARTS) is 1. The van der Waals surface area contributed by atoms with Crippen molar-refractivity contribution in [2.75, 3.05) is 19.3 Å². The minimum Gasteiger partial charge on any atom is -0.478 e. The lowest BCUT2D eigenvalue weighted by atomic mass is 10.4. The molecule has 0 bridgehead atoms. The van der Waals surface area contributed by atoms with Crippen molar-refractivity contribution in [1.29, 1.82) is 0 Å². The summed E-state index contributed by atoms with van der Waals surface area (Å²) in [6, 6.07) is 0. The Hall–Kier alpha value is -1.50. The van der Waals surface area contributed by atoms with Crippen LogP contribution in [0.25, 0.3) is 0 Å². The second kappa shape index (κ2) is 5.64. The van der Waals surface area contributed by atoms with Gasteiger partial charge in [-0.25, -0.2) is 31.1 Å². The van der Waals surface area contributed by atoms with Gasteiger partial charge in [0.15, 0.2) is 5.03 Å². The van der Waals surface area contributed by atoms with Gasteiger partial charge in [0.1, 0.15) is 5.56 Å². The number of nitrogens with one attached hydrogen (secondary N) is 3. The molecule has 0 saturated carbocycles. The predicted octanol–water partition coefficient (Wildman–Crippen LogP) is -2.06. The van der Waals surface area contributed by atoms with Crippen LogP contribution in [0, 0.1) is 0 Å². The summed E-state index contributed by atoms with van der Waals surface area (Å²) in [5.74, 6) is -1.44. The molecule has 0 aliphatic carbocycles. The Morgan fingerprint density at radius 3 is 2.42 bits per heavy atom. The van der Waals surface area contributed by atoms with Gasteiger partial charge in [-0.15, -0.1) is 0 Å². The van der Waals surface area contributed by atoms with Gasteiger partial charge < -0.3 is 5.11 Å². The minimum atomic E-state index is -4.09. The van der Waals surface area contributed by atoms with E-state index in [2.05, 4.69) is 14.9 Å².